The number of rotatable bonds is 0. The van der Waals surface area contributed by atoms with Crippen molar-refractivity contribution in [1.29, 1.82) is 0 Å². The van der Waals surface area contributed by atoms with Gasteiger partial charge in [-0.3, -0.25) is 0 Å². The van der Waals surface area contributed by atoms with E-state index in [9.17, 15) is 0 Å². The second-order valence-corrected chi connectivity index (χ2v) is 0.289. The molecule has 0 amide bonds. The number of ether oxygens (including phenoxy) is 1. The minimum absolute atomic E-state index is 0. The Labute approximate surface area is 69.1 Å². The molecule has 0 saturated heterocycles. The first-order valence-electron chi connectivity index (χ1n) is 0.840. The van der Waals surface area contributed by atoms with Crippen LogP contribution in [-0.4, -0.2) is 7.11 Å². The third-order valence-electron chi connectivity index (χ3n) is 0. The standard InChI is InChI=1S/C2H5O.3CH3.ClH.Re/c1-3-2;;;;;/h1H2,2H3;3*1H3;1H;/q4*-1;;+1/p-1. The molecule has 0 unspecified atom stereocenters. The van der Waals surface area contributed by atoms with E-state index in [0.717, 1.165) is 0 Å². The SMILES string of the molecule is [CH2-]OC.[CH3-].[CH3-].[CH3-].[Cl][Re]. The molecule has 0 aromatic rings. The van der Waals surface area contributed by atoms with Crippen molar-refractivity contribution in [2.45, 2.75) is 0 Å². The summed E-state index contributed by atoms with van der Waals surface area (Å²) in [6.07, 6.45) is 0. The molecule has 0 aliphatic heterocycles. The van der Waals surface area contributed by atoms with Crippen LogP contribution in [0.2, 0.25) is 0 Å². The monoisotopic (exact) mass is 312 g/mol. The first-order valence-corrected chi connectivity index (χ1v) is 4.20. The van der Waals surface area contributed by atoms with Crippen LogP contribution >= 0.6 is 9.53 Å². The van der Waals surface area contributed by atoms with Crippen LogP contribution in [0.25, 0.3) is 0 Å². The first kappa shape index (κ1) is 36.5. The van der Waals surface area contributed by atoms with Gasteiger partial charge >= 0.3 is 27.7 Å². The Hall–Kier alpha value is 0.912. The van der Waals surface area contributed by atoms with Crippen LogP contribution < -0.4 is 0 Å². The molecule has 0 N–H and O–H groups in total. The van der Waals surface area contributed by atoms with Gasteiger partial charge in [-0.05, 0) is 7.11 Å². The number of hydrogen-bond acceptors (Lipinski definition) is 1. The predicted octanol–water partition coefficient (Wildman–Crippen LogP) is 2.46. The van der Waals surface area contributed by atoms with Gasteiger partial charge in [0.15, 0.2) is 0 Å². The van der Waals surface area contributed by atoms with Gasteiger partial charge in [0, 0.05) is 0 Å². The van der Waals surface area contributed by atoms with Crippen LogP contribution in [0.5, 0.6) is 0 Å². The minimum atomic E-state index is 0. The van der Waals surface area contributed by atoms with E-state index in [4.69, 9.17) is 9.53 Å². The van der Waals surface area contributed by atoms with E-state index in [1.54, 1.807) is 0 Å². The van der Waals surface area contributed by atoms with E-state index in [0.29, 0.717) is 0 Å². The summed E-state index contributed by atoms with van der Waals surface area (Å²) in [5, 5.41) is 0. The Kier molecular flexibility index (Phi) is 471. The molecule has 0 bridgehead atoms. The Morgan fingerprint density at radius 3 is 1.25 bits per heavy atom. The van der Waals surface area contributed by atoms with E-state index in [2.05, 4.69) is 11.8 Å². The zero-order valence-corrected chi connectivity index (χ0v) is 9.34. The molecule has 0 saturated carbocycles. The van der Waals surface area contributed by atoms with Gasteiger partial charge in [-0.1, -0.05) is 0 Å². The quantitative estimate of drug-likeness (QED) is 0.625. The molecule has 0 spiro atoms. The van der Waals surface area contributed by atoms with Crippen molar-refractivity contribution in [2.24, 2.45) is 0 Å². The fraction of sp³-hybridized carbons (Fsp3) is 0.200. The molecule has 0 fully saturated rings. The summed E-state index contributed by atoms with van der Waals surface area (Å²) in [5.74, 6) is 0. The van der Waals surface area contributed by atoms with Crippen molar-refractivity contribution in [2.75, 3.05) is 7.11 Å². The van der Waals surface area contributed by atoms with Crippen LogP contribution in [0.3, 0.4) is 0 Å². The van der Waals surface area contributed by atoms with Crippen molar-refractivity contribution in [3.63, 3.8) is 0 Å². The average Bonchev–Trinajstić information content (AvgIpc) is 1.46. The molecule has 0 rings (SSSR count). The van der Waals surface area contributed by atoms with Crippen molar-refractivity contribution in [1.82, 2.24) is 0 Å². The number of hydrogen-bond donors (Lipinski definition) is 0. The van der Waals surface area contributed by atoms with Crippen molar-refractivity contribution in [3.8, 4) is 0 Å². The molecule has 3 heteroatoms. The summed E-state index contributed by atoms with van der Waals surface area (Å²) >= 11 is 1.19. The maximum absolute atomic E-state index is 4.69. The van der Waals surface area contributed by atoms with E-state index < -0.39 is 0 Å². The maximum atomic E-state index is 4.69. The Bertz CT molecular complexity index is 12.4. The molecular formula is C5H14ClORe-4. The fourth-order valence-electron chi connectivity index (χ4n) is 0. The molecule has 0 aliphatic rings. The van der Waals surface area contributed by atoms with Crippen LogP contribution in [-0.2, 0) is 22.9 Å². The molecule has 0 aromatic carbocycles. The summed E-state index contributed by atoms with van der Waals surface area (Å²) < 4.78 is 4.00. The van der Waals surface area contributed by atoms with Crippen LogP contribution in [0.1, 0.15) is 0 Å². The van der Waals surface area contributed by atoms with E-state index in [-0.39, 0.29) is 22.3 Å². The first-order chi connectivity index (χ1) is 2.41. The molecule has 0 heterocycles. The number of halogens is 1. The van der Waals surface area contributed by atoms with Gasteiger partial charge in [-0.15, -0.1) is 0 Å². The van der Waals surface area contributed by atoms with E-state index in [1.165, 1.54) is 25.3 Å². The number of methoxy groups -OCH3 is 1. The zero-order chi connectivity index (χ0) is 4.71. The predicted molar refractivity (Wildman–Crippen MR) is 37.5 cm³/mol. The van der Waals surface area contributed by atoms with Crippen LogP contribution in [0, 0.1) is 29.4 Å². The topological polar surface area (TPSA) is 9.23 Å². The van der Waals surface area contributed by atoms with Gasteiger partial charge in [0.25, 0.3) is 0 Å². The molecule has 8 heavy (non-hydrogen) atoms. The molecule has 58 valence electrons. The zero-order valence-electron chi connectivity index (χ0n) is 5.87. The third-order valence-corrected chi connectivity index (χ3v) is 0. The van der Waals surface area contributed by atoms with Gasteiger partial charge in [-0.25, -0.2) is 7.11 Å². The fourth-order valence-corrected chi connectivity index (χ4v) is 0. The van der Waals surface area contributed by atoms with Crippen molar-refractivity contribution < 1.29 is 22.9 Å². The summed E-state index contributed by atoms with van der Waals surface area (Å²) in [5.41, 5.74) is 0. The van der Waals surface area contributed by atoms with Gasteiger partial charge in [0.1, 0.15) is 0 Å². The Balaban J connectivity index is -0.00000000567. The van der Waals surface area contributed by atoms with E-state index >= 15 is 0 Å². The normalized spacial score (nSPS) is 3.00. The van der Waals surface area contributed by atoms with Crippen LogP contribution in [0.15, 0.2) is 0 Å². The Morgan fingerprint density at radius 2 is 1.25 bits per heavy atom. The average molecular weight is 312 g/mol. The van der Waals surface area contributed by atoms with Gasteiger partial charge in [0.05, 0.1) is 0 Å². The van der Waals surface area contributed by atoms with Crippen molar-refractivity contribution in [3.05, 3.63) is 29.4 Å². The summed E-state index contributed by atoms with van der Waals surface area (Å²) in [6.45, 7) is 0. The second-order valence-electron chi connectivity index (χ2n) is 0.289. The molecule has 0 atom stereocenters. The van der Waals surface area contributed by atoms with Crippen LogP contribution in [0.4, 0.5) is 0 Å². The molecule has 1 nitrogen and oxygen atoms in total. The molecule has 0 aliphatic carbocycles. The molecular weight excluding hydrogens is 298 g/mol. The third kappa shape index (κ3) is 290. The summed E-state index contributed by atoms with van der Waals surface area (Å²) in [4.78, 5) is 0. The Morgan fingerprint density at radius 1 is 1.25 bits per heavy atom. The molecule has 0 aromatic heterocycles. The van der Waals surface area contributed by atoms with Crippen molar-refractivity contribution >= 4 is 9.53 Å². The second kappa shape index (κ2) is 103. The summed E-state index contributed by atoms with van der Waals surface area (Å²) in [7, 11) is 9.19. The van der Waals surface area contributed by atoms with E-state index in [1.807, 2.05) is 0 Å². The summed E-state index contributed by atoms with van der Waals surface area (Å²) in [6, 6.07) is 0. The van der Waals surface area contributed by atoms with Gasteiger partial charge < -0.3 is 27.0 Å². The molecule has 0 radical (unpaired) electrons. The van der Waals surface area contributed by atoms with Gasteiger partial charge in [-0.2, -0.15) is 0 Å². The van der Waals surface area contributed by atoms with Gasteiger partial charge in [0.2, 0.25) is 0 Å².